The van der Waals surface area contributed by atoms with Crippen LogP contribution in [-0.2, 0) is 33.9 Å². The monoisotopic (exact) mass is 437 g/mol. The highest BCUT2D eigenvalue weighted by molar-refractivity contribution is 6.27. The molecule has 0 aliphatic carbocycles. The van der Waals surface area contributed by atoms with Crippen molar-refractivity contribution in [2.75, 3.05) is 6.54 Å². The summed E-state index contributed by atoms with van der Waals surface area (Å²) in [4.78, 5) is 39.7. The summed E-state index contributed by atoms with van der Waals surface area (Å²) in [5.74, 6) is -3.65. The van der Waals surface area contributed by atoms with Crippen molar-refractivity contribution in [3.63, 3.8) is 0 Å². The van der Waals surface area contributed by atoms with Gasteiger partial charge in [-0.1, -0.05) is 48.5 Å². The number of carbonyl (C=O) groups is 3. The summed E-state index contributed by atoms with van der Waals surface area (Å²) in [5.41, 5.74) is 6.54. The van der Waals surface area contributed by atoms with Crippen molar-refractivity contribution < 1.29 is 29.3 Å². The van der Waals surface area contributed by atoms with E-state index in [0.717, 1.165) is 28.9 Å². The summed E-state index contributed by atoms with van der Waals surface area (Å²) in [7, 11) is 0. The van der Waals surface area contributed by atoms with Gasteiger partial charge < -0.3 is 24.8 Å². The molecule has 9 heteroatoms. The summed E-state index contributed by atoms with van der Waals surface area (Å²) in [6.45, 7) is 3.51. The van der Waals surface area contributed by atoms with Crippen LogP contribution < -0.4 is 0 Å². The van der Waals surface area contributed by atoms with Gasteiger partial charge in [0.2, 0.25) is 0 Å². The lowest BCUT2D eigenvalue weighted by atomic mass is 9.97. The lowest BCUT2D eigenvalue weighted by Gasteiger charge is -2.25. The maximum atomic E-state index is 12.4. The van der Waals surface area contributed by atoms with Gasteiger partial charge in [-0.25, -0.2) is 19.4 Å². The molecule has 0 fully saturated rings. The van der Waals surface area contributed by atoms with E-state index in [4.69, 9.17) is 24.5 Å². The Hall–Kier alpha value is -4.14. The van der Waals surface area contributed by atoms with Gasteiger partial charge in [-0.2, -0.15) is 0 Å². The molecular formula is C23H23N3O6. The molecule has 0 saturated carbocycles. The number of hydrogen-bond donors (Lipinski definition) is 3. The van der Waals surface area contributed by atoms with Gasteiger partial charge in [-0.15, -0.1) is 0 Å². The zero-order valence-electron chi connectivity index (χ0n) is 17.4. The molecule has 9 nitrogen and oxygen atoms in total. The molecule has 2 heterocycles. The second-order valence-corrected chi connectivity index (χ2v) is 7.12. The van der Waals surface area contributed by atoms with Crippen molar-refractivity contribution in [3.8, 4) is 11.1 Å². The fraction of sp³-hybridized carbons (Fsp3) is 0.217. The number of imidazole rings is 1. The Morgan fingerprint density at radius 3 is 2.47 bits per heavy atom. The van der Waals surface area contributed by atoms with Crippen molar-refractivity contribution in [1.82, 2.24) is 14.9 Å². The maximum absolute atomic E-state index is 12.4. The van der Waals surface area contributed by atoms with Crippen molar-refractivity contribution in [1.29, 1.82) is 0 Å². The summed E-state index contributed by atoms with van der Waals surface area (Å²) < 4.78 is 5.58. The molecule has 1 aliphatic heterocycles. The second kappa shape index (κ2) is 10.3. The van der Waals surface area contributed by atoms with Crippen LogP contribution in [0.2, 0.25) is 0 Å². The molecule has 1 amide bonds. The fourth-order valence-electron chi connectivity index (χ4n) is 3.37. The number of rotatable bonds is 3. The number of H-pyrrole nitrogens is 1. The smallest absolute Gasteiger partial charge is 0.414 e. The number of carboxylic acids is 2. The number of aromatic nitrogens is 2. The summed E-state index contributed by atoms with van der Waals surface area (Å²) in [6.07, 6.45) is 2.16. The number of amides is 1. The largest absolute Gasteiger partial charge is 0.473 e. The van der Waals surface area contributed by atoms with Gasteiger partial charge in [0.05, 0.1) is 24.3 Å². The zero-order chi connectivity index (χ0) is 23.1. The van der Waals surface area contributed by atoms with E-state index in [-0.39, 0.29) is 12.7 Å². The van der Waals surface area contributed by atoms with Crippen LogP contribution in [0.25, 0.3) is 11.1 Å². The Bertz CT molecular complexity index is 1100. The van der Waals surface area contributed by atoms with Crippen LogP contribution in [-0.4, -0.2) is 49.7 Å². The molecule has 1 aliphatic rings. The Labute approximate surface area is 184 Å². The standard InChI is InChI=1S/C21H21N3O2.C2H2O4/c1-15-17(8-5-9-18(15)16-6-3-2-4-7-16)13-26-21(25)24-11-10-19-20(12-24)23-14-22-19;3-1(4)2(5)6/h2-9,14H,10-13H2,1H3,(H,22,23);(H,3,4)(H,5,6). The first kappa shape index (κ1) is 22.5. The molecule has 0 spiro atoms. The second-order valence-electron chi connectivity index (χ2n) is 7.12. The Morgan fingerprint density at radius 2 is 1.78 bits per heavy atom. The lowest BCUT2D eigenvalue weighted by Crippen LogP contribution is -2.36. The van der Waals surface area contributed by atoms with Gasteiger partial charge in [0.25, 0.3) is 0 Å². The summed E-state index contributed by atoms with van der Waals surface area (Å²) in [6, 6.07) is 16.4. The van der Waals surface area contributed by atoms with Gasteiger partial charge in [0.15, 0.2) is 0 Å². The normalized spacial score (nSPS) is 12.2. The number of nitrogens with one attached hydrogen (secondary N) is 1. The molecule has 166 valence electrons. The highest BCUT2D eigenvalue weighted by Gasteiger charge is 2.23. The molecule has 0 radical (unpaired) electrons. The fourth-order valence-corrected chi connectivity index (χ4v) is 3.37. The third-order valence-corrected chi connectivity index (χ3v) is 5.10. The molecule has 4 rings (SSSR count). The molecule has 3 aromatic rings. The van der Waals surface area contributed by atoms with Gasteiger partial charge >= 0.3 is 18.0 Å². The van der Waals surface area contributed by atoms with Crippen LogP contribution in [0.4, 0.5) is 4.79 Å². The van der Waals surface area contributed by atoms with Crippen LogP contribution in [0.3, 0.4) is 0 Å². The van der Waals surface area contributed by atoms with E-state index in [9.17, 15) is 4.79 Å². The summed E-state index contributed by atoms with van der Waals surface area (Å²) >= 11 is 0. The number of carboxylic acid groups (broad SMARTS) is 2. The predicted octanol–water partition coefficient (Wildman–Crippen LogP) is 3.24. The molecular weight excluding hydrogens is 414 g/mol. The van der Waals surface area contributed by atoms with Crippen molar-refractivity contribution in [3.05, 3.63) is 77.4 Å². The number of aliphatic carboxylic acids is 2. The quantitative estimate of drug-likeness (QED) is 0.536. The van der Waals surface area contributed by atoms with Gasteiger partial charge in [0, 0.05) is 13.0 Å². The van der Waals surface area contributed by atoms with Crippen LogP contribution in [0, 0.1) is 6.92 Å². The first-order valence-electron chi connectivity index (χ1n) is 9.89. The van der Waals surface area contributed by atoms with E-state index < -0.39 is 11.9 Å². The SMILES string of the molecule is Cc1c(COC(=O)N2CCc3nc[nH]c3C2)cccc1-c1ccccc1.O=C(O)C(=O)O. The van der Waals surface area contributed by atoms with E-state index in [1.807, 2.05) is 30.3 Å². The average molecular weight is 437 g/mol. The van der Waals surface area contributed by atoms with E-state index >= 15 is 0 Å². The number of ether oxygens (including phenoxy) is 1. The molecule has 32 heavy (non-hydrogen) atoms. The van der Waals surface area contributed by atoms with Crippen molar-refractivity contribution in [2.45, 2.75) is 26.5 Å². The van der Waals surface area contributed by atoms with E-state index in [0.29, 0.717) is 13.1 Å². The first-order chi connectivity index (χ1) is 15.4. The minimum absolute atomic E-state index is 0.275. The third-order valence-electron chi connectivity index (χ3n) is 5.10. The topological polar surface area (TPSA) is 133 Å². The molecule has 0 unspecified atom stereocenters. The molecule has 0 bridgehead atoms. The van der Waals surface area contributed by atoms with Crippen molar-refractivity contribution >= 4 is 18.0 Å². The number of benzene rings is 2. The number of carbonyl (C=O) groups excluding carboxylic acids is 1. The number of nitrogens with zero attached hydrogens (tertiary/aromatic N) is 2. The van der Waals surface area contributed by atoms with E-state index in [1.54, 1.807) is 11.2 Å². The lowest BCUT2D eigenvalue weighted by molar-refractivity contribution is -0.159. The van der Waals surface area contributed by atoms with Gasteiger partial charge in [0.1, 0.15) is 6.61 Å². The maximum Gasteiger partial charge on any atom is 0.414 e. The van der Waals surface area contributed by atoms with E-state index in [1.165, 1.54) is 11.1 Å². The highest BCUT2D eigenvalue weighted by atomic mass is 16.6. The van der Waals surface area contributed by atoms with E-state index in [2.05, 4.69) is 35.1 Å². The van der Waals surface area contributed by atoms with Crippen LogP contribution in [0.15, 0.2) is 54.9 Å². The predicted molar refractivity (Wildman–Crippen MR) is 115 cm³/mol. The molecule has 2 aromatic carbocycles. The van der Waals surface area contributed by atoms with Gasteiger partial charge in [-0.05, 0) is 29.2 Å². The van der Waals surface area contributed by atoms with Crippen LogP contribution in [0.1, 0.15) is 22.5 Å². The first-order valence-corrected chi connectivity index (χ1v) is 9.89. The van der Waals surface area contributed by atoms with Crippen LogP contribution in [0.5, 0.6) is 0 Å². The average Bonchev–Trinajstić information content (AvgIpc) is 3.27. The summed E-state index contributed by atoms with van der Waals surface area (Å²) in [5, 5.41) is 14.8. The molecule has 0 atom stereocenters. The Morgan fingerprint density at radius 1 is 1.06 bits per heavy atom. The highest BCUT2D eigenvalue weighted by Crippen LogP contribution is 2.26. The Balaban J connectivity index is 0.000000427. The van der Waals surface area contributed by atoms with Crippen molar-refractivity contribution in [2.24, 2.45) is 0 Å². The van der Waals surface area contributed by atoms with Crippen LogP contribution >= 0.6 is 0 Å². The number of hydrogen-bond acceptors (Lipinski definition) is 5. The third kappa shape index (κ3) is 5.51. The molecule has 0 saturated heterocycles. The van der Waals surface area contributed by atoms with Gasteiger partial charge in [-0.3, -0.25) is 0 Å². The number of aromatic amines is 1. The number of fused-ring (bicyclic) bond motifs is 1. The molecule has 3 N–H and O–H groups in total. The minimum Gasteiger partial charge on any atom is -0.473 e. The minimum atomic E-state index is -1.82. The molecule has 1 aromatic heterocycles. The zero-order valence-corrected chi connectivity index (χ0v) is 17.4. The Kier molecular flexibility index (Phi) is 7.22.